The maximum atomic E-state index is 12.4. The SMILES string of the molecule is CCn1c(C)cc(C)c(C(=O)N[C@@H]2CC[C@@H](N)C2)c1=O.Cl. The number of aryl methyl sites for hydroxylation is 2. The molecule has 1 aromatic heterocycles. The van der Waals surface area contributed by atoms with Crippen molar-refractivity contribution in [2.24, 2.45) is 5.73 Å². The molecule has 2 rings (SSSR count). The molecule has 0 saturated heterocycles. The van der Waals surface area contributed by atoms with Crippen LogP contribution in [-0.4, -0.2) is 22.6 Å². The van der Waals surface area contributed by atoms with Gasteiger partial charge in [0.1, 0.15) is 5.56 Å². The van der Waals surface area contributed by atoms with Crippen LogP contribution in [0, 0.1) is 13.8 Å². The summed E-state index contributed by atoms with van der Waals surface area (Å²) in [4.78, 5) is 24.8. The smallest absolute Gasteiger partial charge is 0.263 e. The predicted octanol–water partition coefficient (Wildman–Crippen LogP) is 1.52. The summed E-state index contributed by atoms with van der Waals surface area (Å²) in [6.07, 6.45) is 2.61. The van der Waals surface area contributed by atoms with Crippen LogP contribution in [0.4, 0.5) is 0 Å². The van der Waals surface area contributed by atoms with Crippen LogP contribution in [0.5, 0.6) is 0 Å². The van der Waals surface area contributed by atoms with Gasteiger partial charge in [-0.25, -0.2) is 0 Å². The van der Waals surface area contributed by atoms with Crippen molar-refractivity contribution in [1.82, 2.24) is 9.88 Å². The molecule has 1 amide bonds. The minimum atomic E-state index is -0.270. The molecule has 2 atom stereocenters. The summed E-state index contributed by atoms with van der Waals surface area (Å²) in [6, 6.07) is 2.14. The van der Waals surface area contributed by atoms with Crippen molar-refractivity contribution in [2.75, 3.05) is 0 Å². The Bertz CT molecular complexity index is 583. The lowest BCUT2D eigenvalue weighted by Gasteiger charge is -2.16. The van der Waals surface area contributed by atoms with Crippen molar-refractivity contribution < 1.29 is 4.79 Å². The topological polar surface area (TPSA) is 77.1 Å². The van der Waals surface area contributed by atoms with Gasteiger partial charge in [0, 0.05) is 24.3 Å². The Hall–Kier alpha value is -1.33. The third-order valence-electron chi connectivity index (χ3n) is 4.06. The molecule has 0 unspecified atom stereocenters. The average Bonchev–Trinajstić information content (AvgIpc) is 2.74. The van der Waals surface area contributed by atoms with Gasteiger partial charge < -0.3 is 15.6 Å². The molecule has 1 fully saturated rings. The Kier molecular flexibility index (Phi) is 5.98. The number of amides is 1. The summed E-state index contributed by atoms with van der Waals surface area (Å²) in [6.45, 7) is 6.17. The predicted molar refractivity (Wildman–Crippen MR) is 86.2 cm³/mol. The molecule has 6 heteroatoms. The summed E-state index contributed by atoms with van der Waals surface area (Å²) in [5.74, 6) is -0.270. The Morgan fingerprint density at radius 2 is 2.10 bits per heavy atom. The van der Waals surface area contributed by atoms with Crippen molar-refractivity contribution >= 4 is 18.3 Å². The highest BCUT2D eigenvalue weighted by Crippen LogP contribution is 2.17. The van der Waals surface area contributed by atoms with Crippen LogP contribution < -0.4 is 16.6 Å². The van der Waals surface area contributed by atoms with Crippen LogP contribution in [0.3, 0.4) is 0 Å². The molecule has 5 nitrogen and oxygen atoms in total. The summed E-state index contributed by atoms with van der Waals surface area (Å²) < 4.78 is 1.63. The van der Waals surface area contributed by atoms with Crippen LogP contribution >= 0.6 is 12.4 Å². The number of halogens is 1. The van der Waals surface area contributed by atoms with E-state index in [0.717, 1.165) is 30.5 Å². The van der Waals surface area contributed by atoms with Crippen molar-refractivity contribution in [1.29, 1.82) is 0 Å². The van der Waals surface area contributed by atoms with Crippen LogP contribution in [0.2, 0.25) is 0 Å². The van der Waals surface area contributed by atoms with Gasteiger partial charge in [0.25, 0.3) is 11.5 Å². The van der Waals surface area contributed by atoms with Crippen molar-refractivity contribution in [3.8, 4) is 0 Å². The van der Waals surface area contributed by atoms with E-state index in [1.807, 2.05) is 26.8 Å². The number of carbonyl (C=O) groups is 1. The van der Waals surface area contributed by atoms with E-state index in [4.69, 9.17) is 5.73 Å². The maximum Gasteiger partial charge on any atom is 0.263 e. The standard InChI is InChI=1S/C15H23N3O2.ClH/c1-4-18-10(3)7-9(2)13(15(18)20)14(19)17-12-6-5-11(16)8-12;/h7,11-12H,4-6,8,16H2,1-3H3,(H,17,19);1H/t11-,12-;/m1./s1. The van der Waals surface area contributed by atoms with E-state index >= 15 is 0 Å². The third kappa shape index (κ3) is 3.66. The maximum absolute atomic E-state index is 12.4. The lowest BCUT2D eigenvalue weighted by Crippen LogP contribution is -2.39. The van der Waals surface area contributed by atoms with Gasteiger partial charge in [-0.3, -0.25) is 9.59 Å². The molecule has 1 saturated carbocycles. The first-order chi connectivity index (χ1) is 9.43. The van der Waals surface area contributed by atoms with Gasteiger partial charge in [0.05, 0.1) is 0 Å². The Morgan fingerprint density at radius 1 is 1.43 bits per heavy atom. The van der Waals surface area contributed by atoms with Gasteiger partial charge in [-0.2, -0.15) is 0 Å². The average molecular weight is 314 g/mol. The molecule has 1 aliphatic rings. The van der Waals surface area contributed by atoms with E-state index in [1.165, 1.54) is 0 Å². The highest BCUT2D eigenvalue weighted by atomic mass is 35.5. The number of nitrogens with one attached hydrogen (secondary N) is 1. The first-order valence-corrected chi connectivity index (χ1v) is 7.21. The first kappa shape index (κ1) is 17.7. The van der Waals surface area contributed by atoms with Crippen molar-refractivity contribution in [2.45, 2.75) is 58.7 Å². The van der Waals surface area contributed by atoms with Crippen LogP contribution in [0.15, 0.2) is 10.9 Å². The first-order valence-electron chi connectivity index (χ1n) is 7.21. The third-order valence-corrected chi connectivity index (χ3v) is 4.06. The molecule has 21 heavy (non-hydrogen) atoms. The van der Waals surface area contributed by atoms with E-state index in [9.17, 15) is 9.59 Å². The normalized spacial score (nSPS) is 21.0. The van der Waals surface area contributed by atoms with Gasteiger partial charge in [0.2, 0.25) is 0 Å². The summed E-state index contributed by atoms with van der Waals surface area (Å²) in [5.41, 5.74) is 7.52. The number of hydrogen-bond acceptors (Lipinski definition) is 3. The highest BCUT2D eigenvalue weighted by Gasteiger charge is 2.25. The molecule has 1 heterocycles. The van der Waals surface area contributed by atoms with Crippen LogP contribution in [-0.2, 0) is 6.54 Å². The lowest BCUT2D eigenvalue weighted by molar-refractivity contribution is 0.0935. The molecule has 0 aromatic carbocycles. The number of carbonyl (C=O) groups excluding carboxylic acids is 1. The quantitative estimate of drug-likeness (QED) is 0.888. The molecule has 0 radical (unpaired) electrons. The van der Waals surface area contributed by atoms with E-state index in [-0.39, 0.29) is 41.5 Å². The van der Waals surface area contributed by atoms with E-state index in [0.29, 0.717) is 6.54 Å². The molecule has 118 valence electrons. The largest absolute Gasteiger partial charge is 0.349 e. The highest BCUT2D eigenvalue weighted by molar-refractivity contribution is 5.95. The number of nitrogens with zero attached hydrogens (tertiary/aromatic N) is 1. The second kappa shape index (κ2) is 7.09. The molecule has 0 spiro atoms. The second-order valence-electron chi connectivity index (χ2n) is 5.64. The zero-order valence-corrected chi connectivity index (χ0v) is 13.6. The van der Waals surface area contributed by atoms with E-state index in [2.05, 4.69) is 5.32 Å². The van der Waals surface area contributed by atoms with Crippen LogP contribution in [0.1, 0.15) is 47.8 Å². The Labute approximate surface area is 131 Å². The molecule has 0 aliphatic heterocycles. The molecule has 0 bridgehead atoms. The van der Waals surface area contributed by atoms with E-state index in [1.54, 1.807) is 4.57 Å². The fraction of sp³-hybridized carbons (Fsp3) is 0.600. The van der Waals surface area contributed by atoms with Gasteiger partial charge in [-0.1, -0.05) is 0 Å². The van der Waals surface area contributed by atoms with Gasteiger partial charge >= 0.3 is 0 Å². The summed E-state index contributed by atoms with van der Waals surface area (Å²) >= 11 is 0. The summed E-state index contributed by atoms with van der Waals surface area (Å²) in [7, 11) is 0. The fourth-order valence-electron chi connectivity index (χ4n) is 3.00. The number of rotatable bonds is 3. The second-order valence-corrected chi connectivity index (χ2v) is 5.64. The summed E-state index contributed by atoms with van der Waals surface area (Å²) in [5, 5.41) is 2.95. The van der Waals surface area contributed by atoms with Gasteiger partial charge in [0.15, 0.2) is 0 Å². The molecular formula is C15H24ClN3O2. The van der Waals surface area contributed by atoms with Crippen LogP contribution in [0.25, 0.3) is 0 Å². The zero-order valence-electron chi connectivity index (χ0n) is 12.8. The van der Waals surface area contributed by atoms with Gasteiger partial charge in [-0.15, -0.1) is 12.4 Å². The van der Waals surface area contributed by atoms with Crippen molar-refractivity contribution in [3.05, 3.63) is 33.2 Å². The molecule has 1 aliphatic carbocycles. The lowest BCUT2D eigenvalue weighted by atomic mass is 10.1. The number of hydrogen-bond donors (Lipinski definition) is 2. The molecule has 1 aromatic rings. The Morgan fingerprint density at radius 3 is 2.62 bits per heavy atom. The molecular weight excluding hydrogens is 290 g/mol. The Balaban J connectivity index is 0.00000220. The minimum absolute atomic E-state index is 0. The van der Waals surface area contributed by atoms with Gasteiger partial charge in [-0.05, 0) is 51.7 Å². The number of aromatic nitrogens is 1. The minimum Gasteiger partial charge on any atom is -0.349 e. The van der Waals surface area contributed by atoms with E-state index < -0.39 is 0 Å². The fourth-order valence-corrected chi connectivity index (χ4v) is 3.00. The number of pyridine rings is 1. The number of nitrogens with two attached hydrogens (primary N) is 1. The monoisotopic (exact) mass is 313 g/mol. The molecule has 3 N–H and O–H groups in total. The zero-order chi connectivity index (χ0) is 14.9. The van der Waals surface area contributed by atoms with Crippen molar-refractivity contribution in [3.63, 3.8) is 0 Å².